The average molecular weight is 438 g/mol. The summed E-state index contributed by atoms with van der Waals surface area (Å²) in [4.78, 5) is 17.0. The monoisotopic (exact) mass is 437 g/mol. The van der Waals surface area contributed by atoms with E-state index in [4.69, 9.17) is 4.74 Å². The third-order valence-electron chi connectivity index (χ3n) is 7.39. The summed E-state index contributed by atoms with van der Waals surface area (Å²) in [6, 6.07) is 10.1. The van der Waals surface area contributed by atoms with Gasteiger partial charge >= 0.3 is 6.03 Å². The molecule has 2 amide bonds. The molecule has 1 aromatic heterocycles. The Morgan fingerprint density at radius 2 is 1.66 bits per heavy atom. The van der Waals surface area contributed by atoms with Crippen LogP contribution in [0.1, 0.15) is 64.9 Å². The number of anilines is 1. The zero-order chi connectivity index (χ0) is 22.5. The van der Waals surface area contributed by atoms with Gasteiger partial charge in [-0.05, 0) is 79.9 Å². The van der Waals surface area contributed by atoms with E-state index in [1.165, 1.54) is 31.4 Å². The molecule has 4 bridgehead atoms. The van der Waals surface area contributed by atoms with E-state index >= 15 is 0 Å². The van der Waals surface area contributed by atoms with Gasteiger partial charge in [0.25, 0.3) is 0 Å². The van der Waals surface area contributed by atoms with Crippen LogP contribution < -0.4 is 15.4 Å². The van der Waals surface area contributed by atoms with E-state index in [0.29, 0.717) is 11.4 Å². The van der Waals surface area contributed by atoms with E-state index in [9.17, 15) is 9.18 Å². The lowest BCUT2D eigenvalue weighted by atomic mass is 9.53. The number of aromatic nitrogens is 1. The molecule has 4 aliphatic rings. The predicted octanol–water partition coefficient (Wildman–Crippen LogP) is 6.40. The van der Waals surface area contributed by atoms with Gasteiger partial charge in [-0.3, -0.25) is 0 Å². The van der Waals surface area contributed by atoms with Gasteiger partial charge in [-0.15, -0.1) is 0 Å². The molecule has 0 saturated heterocycles. The molecule has 1 aromatic carbocycles. The molecule has 0 atom stereocenters. The van der Waals surface area contributed by atoms with Gasteiger partial charge in [0.2, 0.25) is 11.8 Å². The summed E-state index contributed by atoms with van der Waals surface area (Å²) in [6.45, 7) is 6.27. The number of hydrogen-bond acceptors (Lipinski definition) is 3. The number of para-hydroxylation sites is 1. The first-order valence-electron chi connectivity index (χ1n) is 11.7. The summed E-state index contributed by atoms with van der Waals surface area (Å²) in [7, 11) is 0. The van der Waals surface area contributed by atoms with Crippen molar-refractivity contribution in [1.82, 2.24) is 10.3 Å². The summed E-state index contributed by atoms with van der Waals surface area (Å²) in [5, 5.41) is 6.17. The van der Waals surface area contributed by atoms with Crippen LogP contribution >= 0.6 is 0 Å². The second-order valence-electron chi connectivity index (χ2n) is 11.1. The molecule has 170 valence electrons. The van der Waals surface area contributed by atoms with Crippen molar-refractivity contribution < 1.29 is 13.9 Å². The molecule has 4 saturated carbocycles. The quantitative estimate of drug-likeness (QED) is 0.544. The molecule has 4 fully saturated rings. The SMILES string of the molecule is CC(C)(C)c1ccccc1Oc1nc(F)ccc1NC(=O)NC12CC3CC(CC(C3)C1)C2. The maximum atomic E-state index is 14.0. The van der Waals surface area contributed by atoms with Crippen LogP contribution in [0, 0.1) is 23.7 Å². The standard InChI is InChI=1S/C26H32FN3O2/c1-25(2,3)19-6-4-5-7-21(19)32-23-20(8-9-22(27)29-23)28-24(31)30-26-13-16-10-17(14-26)12-18(11-16)15-26/h4-9,16-18H,10-15H2,1-3H3,(H2,28,30,31). The van der Waals surface area contributed by atoms with E-state index in [2.05, 4.69) is 36.4 Å². The summed E-state index contributed by atoms with van der Waals surface area (Å²) < 4.78 is 20.0. The molecule has 6 heteroatoms. The maximum absolute atomic E-state index is 14.0. The maximum Gasteiger partial charge on any atom is 0.319 e. The Kier molecular flexibility index (Phi) is 5.14. The summed E-state index contributed by atoms with van der Waals surface area (Å²) in [5.74, 6) is 2.22. The Balaban J connectivity index is 1.35. The highest BCUT2D eigenvalue weighted by Crippen LogP contribution is 2.55. The molecule has 1 heterocycles. The highest BCUT2D eigenvalue weighted by atomic mass is 19.1. The van der Waals surface area contributed by atoms with Gasteiger partial charge in [0.15, 0.2) is 0 Å². The smallest absolute Gasteiger partial charge is 0.319 e. The van der Waals surface area contributed by atoms with E-state index in [0.717, 1.165) is 42.6 Å². The van der Waals surface area contributed by atoms with Gasteiger partial charge in [0.1, 0.15) is 11.4 Å². The summed E-state index contributed by atoms with van der Waals surface area (Å²) in [5.41, 5.74) is 1.08. The Labute approximate surface area is 189 Å². The number of halogens is 1. The molecule has 0 radical (unpaired) electrons. The van der Waals surface area contributed by atoms with Gasteiger partial charge in [-0.1, -0.05) is 39.0 Å². The molecule has 2 N–H and O–H groups in total. The number of ether oxygens (including phenoxy) is 1. The first-order chi connectivity index (χ1) is 15.2. The normalized spacial score (nSPS) is 28.4. The van der Waals surface area contributed by atoms with Crippen molar-refractivity contribution in [2.45, 2.75) is 70.3 Å². The second kappa shape index (κ2) is 7.75. The molecule has 0 spiro atoms. The van der Waals surface area contributed by atoms with Gasteiger partial charge in [0, 0.05) is 11.1 Å². The van der Waals surface area contributed by atoms with Crippen LogP contribution in [0.3, 0.4) is 0 Å². The number of amides is 2. The first kappa shape index (κ1) is 21.2. The topological polar surface area (TPSA) is 63.2 Å². The molecule has 0 unspecified atom stereocenters. The van der Waals surface area contributed by atoms with Gasteiger partial charge in [-0.2, -0.15) is 9.37 Å². The molecule has 5 nitrogen and oxygen atoms in total. The zero-order valence-corrected chi connectivity index (χ0v) is 19.1. The fraction of sp³-hybridized carbons (Fsp3) is 0.538. The molecule has 2 aromatic rings. The van der Waals surface area contributed by atoms with Crippen molar-refractivity contribution in [3.8, 4) is 11.6 Å². The second-order valence-corrected chi connectivity index (χ2v) is 11.1. The summed E-state index contributed by atoms with van der Waals surface area (Å²) in [6.07, 6.45) is 7.14. The van der Waals surface area contributed by atoms with Crippen LogP contribution in [-0.4, -0.2) is 16.6 Å². The number of hydrogen-bond donors (Lipinski definition) is 2. The van der Waals surface area contributed by atoms with Crippen molar-refractivity contribution in [2.75, 3.05) is 5.32 Å². The predicted molar refractivity (Wildman–Crippen MR) is 122 cm³/mol. The van der Waals surface area contributed by atoms with E-state index in [1.807, 2.05) is 24.3 Å². The molecule has 6 rings (SSSR count). The largest absolute Gasteiger partial charge is 0.437 e. The number of benzene rings is 1. The van der Waals surface area contributed by atoms with Crippen molar-refractivity contribution in [3.63, 3.8) is 0 Å². The van der Waals surface area contributed by atoms with E-state index < -0.39 is 5.95 Å². The van der Waals surface area contributed by atoms with Crippen molar-refractivity contribution in [3.05, 3.63) is 47.9 Å². The zero-order valence-electron chi connectivity index (χ0n) is 19.1. The number of carbonyl (C=O) groups excluding carboxylic acids is 1. The highest BCUT2D eigenvalue weighted by Gasteiger charge is 2.51. The minimum atomic E-state index is -0.653. The number of carbonyl (C=O) groups is 1. The van der Waals surface area contributed by atoms with Crippen LogP contribution in [0.15, 0.2) is 36.4 Å². The van der Waals surface area contributed by atoms with Crippen LogP contribution in [-0.2, 0) is 5.41 Å². The number of nitrogens with zero attached hydrogens (tertiary/aromatic N) is 1. The lowest BCUT2D eigenvalue weighted by Crippen LogP contribution is -2.60. The lowest BCUT2D eigenvalue weighted by Gasteiger charge is -2.56. The minimum Gasteiger partial charge on any atom is -0.437 e. The van der Waals surface area contributed by atoms with Crippen LogP contribution in [0.25, 0.3) is 0 Å². The van der Waals surface area contributed by atoms with Crippen LogP contribution in [0.2, 0.25) is 0 Å². The highest BCUT2D eigenvalue weighted by molar-refractivity contribution is 5.91. The van der Waals surface area contributed by atoms with Crippen molar-refractivity contribution >= 4 is 11.7 Å². The third-order valence-corrected chi connectivity index (χ3v) is 7.39. The average Bonchev–Trinajstić information content (AvgIpc) is 2.68. The Morgan fingerprint density at radius 3 is 2.28 bits per heavy atom. The molecular weight excluding hydrogens is 405 g/mol. The van der Waals surface area contributed by atoms with Crippen LogP contribution in [0.4, 0.5) is 14.9 Å². The summed E-state index contributed by atoms with van der Waals surface area (Å²) >= 11 is 0. The molecule has 4 aliphatic carbocycles. The Bertz CT molecular complexity index is 995. The van der Waals surface area contributed by atoms with E-state index in [1.54, 1.807) is 0 Å². The lowest BCUT2D eigenvalue weighted by molar-refractivity contribution is -0.0127. The van der Waals surface area contributed by atoms with Gasteiger partial charge in [-0.25, -0.2) is 4.79 Å². The van der Waals surface area contributed by atoms with Crippen molar-refractivity contribution in [1.29, 1.82) is 0 Å². The fourth-order valence-corrected chi connectivity index (χ4v) is 6.53. The number of nitrogens with one attached hydrogen (secondary N) is 2. The molecular formula is C26H32FN3O2. The third kappa shape index (κ3) is 4.19. The molecule has 32 heavy (non-hydrogen) atoms. The van der Waals surface area contributed by atoms with Gasteiger partial charge in [0.05, 0.1) is 0 Å². The van der Waals surface area contributed by atoms with E-state index in [-0.39, 0.29) is 22.9 Å². The fourth-order valence-electron chi connectivity index (χ4n) is 6.53. The Hall–Kier alpha value is -2.63. The molecule has 0 aliphatic heterocycles. The first-order valence-corrected chi connectivity index (χ1v) is 11.7. The van der Waals surface area contributed by atoms with Gasteiger partial charge < -0.3 is 15.4 Å². The van der Waals surface area contributed by atoms with Crippen molar-refractivity contribution in [2.24, 2.45) is 17.8 Å². The number of pyridine rings is 1. The number of urea groups is 1. The number of rotatable bonds is 4. The Morgan fingerprint density at radius 1 is 1.03 bits per heavy atom. The minimum absolute atomic E-state index is 0.0577. The van der Waals surface area contributed by atoms with Crippen LogP contribution in [0.5, 0.6) is 11.6 Å².